The number of aromatic nitrogens is 3. The minimum atomic E-state index is 0.624. The maximum atomic E-state index is 5.33. The lowest BCUT2D eigenvalue weighted by atomic mass is 10.4. The molecule has 0 saturated heterocycles. The second-order valence-corrected chi connectivity index (χ2v) is 3.16. The molecule has 0 amide bonds. The van der Waals surface area contributed by atoms with Crippen LogP contribution in [-0.2, 0) is 0 Å². The number of nitrogens with zero attached hydrogens (tertiary/aromatic N) is 3. The fourth-order valence-electron chi connectivity index (χ4n) is 1.38. The van der Waals surface area contributed by atoms with Crippen molar-refractivity contribution in [2.75, 3.05) is 6.61 Å². The van der Waals surface area contributed by atoms with Crippen LogP contribution in [0.15, 0.2) is 30.5 Å². The Morgan fingerprint density at radius 2 is 2.27 bits per heavy atom. The quantitative estimate of drug-likeness (QED) is 0.765. The van der Waals surface area contributed by atoms with Crippen molar-refractivity contribution in [1.29, 1.82) is 0 Å². The Balaban J connectivity index is 2.36. The molecule has 0 unspecified atom stereocenters. The van der Waals surface area contributed by atoms with Gasteiger partial charge < -0.3 is 4.74 Å². The molecule has 0 saturated carbocycles. The summed E-state index contributed by atoms with van der Waals surface area (Å²) in [5.41, 5.74) is 1.01. The van der Waals surface area contributed by atoms with E-state index in [1.807, 2.05) is 38.1 Å². The average molecular weight is 203 g/mol. The molecule has 78 valence electrons. The molecule has 0 aliphatic carbocycles. The van der Waals surface area contributed by atoms with E-state index in [2.05, 4.69) is 10.1 Å². The van der Waals surface area contributed by atoms with Crippen LogP contribution in [0, 0.1) is 6.92 Å². The summed E-state index contributed by atoms with van der Waals surface area (Å²) in [4.78, 5) is 4.23. The lowest BCUT2D eigenvalue weighted by Crippen LogP contribution is -2.01. The van der Waals surface area contributed by atoms with Gasteiger partial charge in [-0.3, -0.25) is 0 Å². The van der Waals surface area contributed by atoms with Crippen LogP contribution in [-0.4, -0.2) is 21.4 Å². The molecule has 0 N–H and O–H groups in total. The molecule has 0 aliphatic rings. The zero-order valence-electron chi connectivity index (χ0n) is 8.84. The van der Waals surface area contributed by atoms with E-state index in [4.69, 9.17) is 4.74 Å². The van der Waals surface area contributed by atoms with Crippen molar-refractivity contribution in [3.8, 4) is 11.7 Å². The Bertz CT molecular complexity index is 436. The highest BCUT2D eigenvalue weighted by Gasteiger charge is 2.06. The normalized spacial score (nSPS) is 10.3. The van der Waals surface area contributed by atoms with Crippen molar-refractivity contribution in [3.05, 3.63) is 36.2 Å². The van der Waals surface area contributed by atoms with Crippen LogP contribution in [0.3, 0.4) is 0 Å². The third kappa shape index (κ3) is 1.98. The topological polar surface area (TPSA) is 39.9 Å². The summed E-state index contributed by atoms with van der Waals surface area (Å²) in [6.45, 7) is 4.54. The van der Waals surface area contributed by atoms with E-state index in [-0.39, 0.29) is 0 Å². The molecule has 2 heterocycles. The number of aryl methyl sites for hydroxylation is 1. The Morgan fingerprint density at radius 1 is 1.40 bits per heavy atom. The first-order valence-electron chi connectivity index (χ1n) is 4.92. The van der Waals surface area contributed by atoms with E-state index in [0.717, 1.165) is 11.5 Å². The molecule has 0 atom stereocenters. The first kappa shape index (κ1) is 9.71. The Labute approximate surface area is 88.5 Å². The number of rotatable bonds is 3. The van der Waals surface area contributed by atoms with Gasteiger partial charge in [0.1, 0.15) is 0 Å². The first-order chi connectivity index (χ1) is 7.31. The highest BCUT2D eigenvalue weighted by Crippen LogP contribution is 2.14. The summed E-state index contributed by atoms with van der Waals surface area (Å²) >= 11 is 0. The third-order valence-corrected chi connectivity index (χ3v) is 2.02. The molecule has 0 aromatic carbocycles. The van der Waals surface area contributed by atoms with Gasteiger partial charge in [0.2, 0.25) is 5.88 Å². The summed E-state index contributed by atoms with van der Waals surface area (Å²) in [6.07, 6.45) is 1.75. The van der Waals surface area contributed by atoms with Crippen LogP contribution < -0.4 is 4.74 Å². The molecule has 0 bridgehead atoms. The maximum absolute atomic E-state index is 5.33. The molecule has 15 heavy (non-hydrogen) atoms. The van der Waals surface area contributed by atoms with E-state index < -0.39 is 0 Å². The molecule has 0 radical (unpaired) electrons. The minimum Gasteiger partial charge on any atom is -0.477 e. The monoisotopic (exact) mass is 203 g/mol. The highest BCUT2D eigenvalue weighted by molar-refractivity contribution is 5.27. The molecule has 0 spiro atoms. The molecule has 2 aromatic rings. The summed E-state index contributed by atoms with van der Waals surface area (Å²) in [5.74, 6) is 1.45. The Hall–Kier alpha value is -1.84. The average Bonchev–Trinajstić information content (AvgIpc) is 2.61. The van der Waals surface area contributed by atoms with E-state index in [1.165, 1.54) is 0 Å². The standard InChI is InChI=1S/C11H13N3O/c1-3-15-11-8-9(2)14(13-11)10-6-4-5-7-12-10/h4-8H,3H2,1-2H3. The van der Waals surface area contributed by atoms with Crippen molar-refractivity contribution in [3.63, 3.8) is 0 Å². The van der Waals surface area contributed by atoms with Gasteiger partial charge in [-0.25, -0.2) is 9.67 Å². The number of hydrogen-bond acceptors (Lipinski definition) is 3. The third-order valence-electron chi connectivity index (χ3n) is 2.02. The predicted molar refractivity (Wildman–Crippen MR) is 57.3 cm³/mol. The summed E-state index contributed by atoms with van der Waals surface area (Å²) < 4.78 is 7.10. The molecule has 4 nitrogen and oxygen atoms in total. The lowest BCUT2D eigenvalue weighted by molar-refractivity contribution is 0.324. The van der Waals surface area contributed by atoms with Crippen molar-refractivity contribution >= 4 is 0 Å². The van der Waals surface area contributed by atoms with Crippen LogP contribution in [0.2, 0.25) is 0 Å². The number of ether oxygens (including phenoxy) is 1. The molecular weight excluding hydrogens is 190 g/mol. The van der Waals surface area contributed by atoms with E-state index in [0.29, 0.717) is 12.5 Å². The second-order valence-electron chi connectivity index (χ2n) is 3.16. The van der Waals surface area contributed by atoms with Crippen LogP contribution in [0.5, 0.6) is 5.88 Å². The van der Waals surface area contributed by atoms with Gasteiger partial charge >= 0.3 is 0 Å². The molecule has 0 aliphatic heterocycles. The Kier molecular flexibility index (Phi) is 2.67. The van der Waals surface area contributed by atoms with Crippen molar-refractivity contribution in [2.24, 2.45) is 0 Å². The summed E-state index contributed by atoms with van der Waals surface area (Å²) in [5, 5.41) is 4.30. The zero-order valence-corrected chi connectivity index (χ0v) is 8.84. The van der Waals surface area contributed by atoms with Crippen LogP contribution in [0.4, 0.5) is 0 Å². The van der Waals surface area contributed by atoms with Gasteiger partial charge in [0, 0.05) is 18.0 Å². The molecule has 0 fully saturated rings. The van der Waals surface area contributed by atoms with Crippen molar-refractivity contribution in [2.45, 2.75) is 13.8 Å². The van der Waals surface area contributed by atoms with Gasteiger partial charge in [0.05, 0.1) is 6.61 Å². The smallest absolute Gasteiger partial charge is 0.233 e. The van der Waals surface area contributed by atoms with Gasteiger partial charge in [-0.1, -0.05) is 6.07 Å². The summed E-state index contributed by atoms with van der Waals surface area (Å²) in [7, 11) is 0. The van der Waals surface area contributed by atoms with Crippen LogP contribution >= 0.6 is 0 Å². The van der Waals surface area contributed by atoms with Gasteiger partial charge in [-0.15, -0.1) is 5.10 Å². The number of pyridine rings is 1. The zero-order chi connectivity index (χ0) is 10.7. The second kappa shape index (κ2) is 4.13. The predicted octanol–water partition coefficient (Wildman–Crippen LogP) is 1.97. The van der Waals surface area contributed by atoms with Gasteiger partial charge in [-0.05, 0) is 26.0 Å². The molecular formula is C11H13N3O. The van der Waals surface area contributed by atoms with Crippen molar-refractivity contribution in [1.82, 2.24) is 14.8 Å². The van der Waals surface area contributed by atoms with Gasteiger partial charge in [0.25, 0.3) is 0 Å². The fraction of sp³-hybridized carbons (Fsp3) is 0.273. The largest absolute Gasteiger partial charge is 0.477 e. The fourth-order valence-corrected chi connectivity index (χ4v) is 1.38. The first-order valence-corrected chi connectivity index (χ1v) is 4.92. The summed E-state index contributed by atoms with van der Waals surface area (Å²) in [6, 6.07) is 7.63. The molecule has 2 aromatic heterocycles. The Morgan fingerprint density at radius 3 is 2.93 bits per heavy atom. The van der Waals surface area contributed by atoms with E-state index in [9.17, 15) is 0 Å². The minimum absolute atomic E-state index is 0.624. The van der Waals surface area contributed by atoms with Crippen LogP contribution in [0.1, 0.15) is 12.6 Å². The molecule has 2 rings (SSSR count). The van der Waals surface area contributed by atoms with Crippen molar-refractivity contribution < 1.29 is 4.74 Å². The van der Waals surface area contributed by atoms with Gasteiger partial charge in [-0.2, -0.15) is 0 Å². The van der Waals surface area contributed by atoms with E-state index >= 15 is 0 Å². The van der Waals surface area contributed by atoms with E-state index in [1.54, 1.807) is 10.9 Å². The number of hydrogen-bond donors (Lipinski definition) is 0. The SMILES string of the molecule is CCOc1cc(C)n(-c2ccccn2)n1. The molecule has 4 heteroatoms. The highest BCUT2D eigenvalue weighted by atomic mass is 16.5. The lowest BCUT2D eigenvalue weighted by Gasteiger charge is -2.01. The maximum Gasteiger partial charge on any atom is 0.233 e. The van der Waals surface area contributed by atoms with Crippen LogP contribution in [0.25, 0.3) is 5.82 Å². The van der Waals surface area contributed by atoms with Gasteiger partial charge in [0.15, 0.2) is 5.82 Å².